The monoisotopic (exact) mass is 340 g/mol. The van der Waals surface area contributed by atoms with Gasteiger partial charge in [-0.1, -0.05) is 6.07 Å². The average Bonchev–Trinajstić information content (AvgIpc) is 2.84. The van der Waals surface area contributed by atoms with Crippen LogP contribution in [-0.2, 0) is 0 Å². The van der Waals surface area contributed by atoms with E-state index in [0.717, 1.165) is 32.4 Å². The van der Waals surface area contributed by atoms with E-state index in [9.17, 15) is 9.18 Å². The second-order valence-electron chi connectivity index (χ2n) is 5.90. The van der Waals surface area contributed by atoms with Gasteiger partial charge in [-0.2, -0.15) is 0 Å². The lowest BCUT2D eigenvalue weighted by Gasteiger charge is -2.27. The molecule has 1 unspecified atom stereocenters. The van der Waals surface area contributed by atoms with E-state index in [2.05, 4.69) is 15.9 Å². The fourth-order valence-electron chi connectivity index (χ4n) is 3.47. The molecule has 20 heavy (non-hydrogen) atoms. The van der Waals surface area contributed by atoms with Crippen molar-refractivity contribution >= 4 is 21.8 Å². The Kier molecular flexibility index (Phi) is 3.82. The van der Waals surface area contributed by atoms with Crippen molar-refractivity contribution in [2.24, 2.45) is 17.6 Å². The quantitative estimate of drug-likeness (QED) is 0.854. The van der Waals surface area contributed by atoms with Crippen LogP contribution in [0.4, 0.5) is 4.39 Å². The molecule has 3 rings (SSSR count). The number of fused-ring (bicyclic) bond motifs is 1. The third kappa shape index (κ3) is 2.49. The smallest absolute Gasteiger partial charge is 0.255 e. The van der Waals surface area contributed by atoms with Gasteiger partial charge in [-0.25, -0.2) is 4.39 Å². The minimum absolute atomic E-state index is 0.0839. The number of amides is 1. The molecule has 1 heterocycles. The molecule has 0 spiro atoms. The van der Waals surface area contributed by atoms with Crippen molar-refractivity contribution in [3.05, 3.63) is 34.1 Å². The topological polar surface area (TPSA) is 46.3 Å². The zero-order valence-corrected chi connectivity index (χ0v) is 12.8. The Labute approximate surface area is 126 Å². The Morgan fingerprint density at radius 2 is 2.05 bits per heavy atom. The standard InChI is InChI=1S/C15H18BrFN2O/c16-14-12(2-1-3-13(14)17)15(20)19-7-9-4-5-11(18)6-10(9)8-19/h1-3,9-11H,4-8,18H2/t9-,10+,11?/m1/s1. The summed E-state index contributed by atoms with van der Waals surface area (Å²) in [6, 6.07) is 4.87. The van der Waals surface area contributed by atoms with Gasteiger partial charge in [0.1, 0.15) is 5.82 Å². The first-order valence-corrected chi connectivity index (χ1v) is 7.84. The van der Waals surface area contributed by atoms with Crippen LogP contribution in [-0.4, -0.2) is 29.9 Å². The normalized spacial score (nSPS) is 29.4. The highest BCUT2D eigenvalue weighted by Gasteiger charge is 2.39. The Morgan fingerprint density at radius 3 is 2.85 bits per heavy atom. The SMILES string of the molecule is NC1CC[C@@H]2CN(C(=O)c3cccc(F)c3Br)C[C@@H]2C1. The predicted molar refractivity (Wildman–Crippen MR) is 78.8 cm³/mol. The number of carbonyl (C=O) groups is 1. The van der Waals surface area contributed by atoms with E-state index < -0.39 is 5.82 Å². The van der Waals surface area contributed by atoms with Crippen LogP contribution in [0.5, 0.6) is 0 Å². The van der Waals surface area contributed by atoms with E-state index in [1.165, 1.54) is 6.07 Å². The summed E-state index contributed by atoms with van der Waals surface area (Å²) < 4.78 is 13.8. The molecule has 3 nitrogen and oxygen atoms in total. The number of nitrogens with zero attached hydrogens (tertiary/aromatic N) is 1. The summed E-state index contributed by atoms with van der Waals surface area (Å²) in [5.41, 5.74) is 6.42. The van der Waals surface area contributed by atoms with Gasteiger partial charge >= 0.3 is 0 Å². The van der Waals surface area contributed by atoms with Gasteiger partial charge in [0.2, 0.25) is 0 Å². The van der Waals surface area contributed by atoms with Crippen molar-refractivity contribution in [1.82, 2.24) is 4.90 Å². The van der Waals surface area contributed by atoms with Gasteiger partial charge in [0.05, 0.1) is 10.0 Å². The predicted octanol–water partition coefficient (Wildman–Crippen LogP) is 2.79. The first-order valence-electron chi connectivity index (χ1n) is 7.05. The van der Waals surface area contributed by atoms with Crippen molar-refractivity contribution in [3.63, 3.8) is 0 Å². The van der Waals surface area contributed by atoms with Crippen LogP contribution >= 0.6 is 15.9 Å². The van der Waals surface area contributed by atoms with Gasteiger partial charge in [0.25, 0.3) is 5.91 Å². The van der Waals surface area contributed by atoms with Gasteiger partial charge in [0.15, 0.2) is 0 Å². The number of rotatable bonds is 1. The summed E-state index contributed by atoms with van der Waals surface area (Å²) in [4.78, 5) is 14.4. The number of nitrogens with two attached hydrogens (primary N) is 1. The zero-order valence-electron chi connectivity index (χ0n) is 11.2. The van der Waals surface area contributed by atoms with Gasteiger partial charge in [0, 0.05) is 19.1 Å². The maximum atomic E-state index is 13.5. The maximum absolute atomic E-state index is 13.5. The molecule has 2 aliphatic rings. The van der Waals surface area contributed by atoms with Crippen LogP contribution in [0.25, 0.3) is 0 Å². The Bertz CT molecular complexity index is 537. The number of benzene rings is 1. The van der Waals surface area contributed by atoms with Crippen molar-refractivity contribution in [2.45, 2.75) is 25.3 Å². The fourth-order valence-corrected chi connectivity index (χ4v) is 3.91. The van der Waals surface area contributed by atoms with Crippen LogP contribution in [0.1, 0.15) is 29.6 Å². The molecule has 1 aromatic carbocycles. The molecule has 5 heteroatoms. The summed E-state index contributed by atoms with van der Waals surface area (Å²) in [7, 11) is 0. The van der Waals surface area contributed by atoms with Gasteiger partial charge in [-0.3, -0.25) is 4.79 Å². The first kappa shape index (κ1) is 14.0. The molecule has 0 aromatic heterocycles. The molecule has 1 amide bonds. The summed E-state index contributed by atoms with van der Waals surface area (Å²) >= 11 is 3.17. The lowest BCUT2D eigenvalue weighted by atomic mass is 9.79. The molecule has 0 radical (unpaired) electrons. The van der Waals surface area contributed by atoms with E-state index in [1.54, 1.807) is 12.1 Å². The van der Waals surface area contributed by atoms with Crippen molar-refractivity contribution in [3.8, 4) is 0 Å². The summed E-state index contributed by atoms with van der Waals surface area (Å²) in [5, 5.41) is 0. The molecule has 1 aromatic rings. The number of hydrogen-bond acceptors (Lipinski definition) is 2. The molecular formula is C15H18BrFN2O. The van der Waals surface area contributed by atoms with E-state index in [-0.39, 0.29) is 16.4 Å². The van der Waals surface area contributed by atoms with E-state index in [4.69, 9.17) is 5.73 Å². The Hall–Kier alpha value is -0.940. The zero-order chi connectivity index (χ0) is 14.3. The highest BCUT2D eigenvalue weighted by Crippen LogP contribution is 2.36. The lowest BCUT2D eigenvalue weighted by Crippen LogP contribution is -2.32. The third-order valence-electron chi connectivity index (χ3n) is 4.56. The molecular weight excluding hydrogens is 323 g/mol. The second-order valence-corrected chi connectivity index (χ2v) is 6.70. The molecule has 3 atom stereocenters. The van der Waals surface area contributed by atoms with Gasteiger partial charge in [-0.15, -0.1) is 0 Å². The highest BCUT2D eigenvalue weighted by molar-refractivity contribution is 9.10. The maximum Gasteiger partial charge on any atom is 0.255 e. The Balaban J connectivity index is 1.77. The van der Waals surface area contributed by atoms with Crippen LogP contribution in [0, 0.1) is 17.7 Å². The largest absolute Gasteiger partial charge is 0.338 e. The summed E-state index contributed by atoms with van der Waals surface area (Å²) in [5.74, 6) is 0.593. The molecule has 2 fully saturated rings. The molecule has 108 valence electrons. The van der Waals surface area contributed by atoms with Crippen LogP contribution < -0.4 is 5.73 Å². The lowest BCUT2D eigenvalue weighted by molar-refractivity contribution is 0.0782. The van der Waals surface area contributed by atoms with Crippen LogP contribution in [0.15, 0.2) is 22.7 Å². The average molecular weight is 341 g/mol. The van der Waals surface area contributed by atoms with Crippen LogP contribution in [0.2, 0.25) is 0 Å². The number of likely N-dealkylation sites (tertiary alicyclic amines) is 1. The molecule has 2 N–H and O–H groups in total. The number of carbonyl (C=O) groups excluding carboxylic acids is 1. The molecule has 1 saturated heterocycles. The van der Waals surface area contributed by atoms with Gasteiger partial charge in [-0.05, 0) is 59.2 Å². The third-order valence-corrected chi connectivity index (χ3v) is 5.37. The highest BCUT2D eigenvalue weighted by atomic mass is 79.9. The number of hydrogen-bond donors (Lipinski definition) is 1. The number of halogens is 2. The van der Waals surface area contributed by atoms with E-state index >= 15 is 0 Å². The first-order chi connectivity index (χ1) is 9.56. The van der Waals surface area contributed by atoms with Crippen molar-refractivity contribution < 1.29 is 9.18 Å². The summed E-state index contributed by atoms with van der Waals surface area (Å²) in [6.07, 6.45) is 3.14. The van der Waals surface area contributed by atoms with E-state index in [1.807, 2.05) is 4.90 Å². The molecule has 1 aliphatic carbocycles. The van der Waals surface area contributed by atoms with E-state index in [0.29, 0.717) is 17.4 Å². The molecule has 0 bridgehead atoms. The summed E-state index contributed by atoms with van der Waals surface area (Å²) in [6.45, 7) is 1.53. The minimum atomic E-state index is -0.394. The fraction of sp³-hybridized carbons (Fsp3) is 0.533. The molecule has 1 aliphatic heterocycles. The Morgan fingerprint density at radius 1 is 1.30 bits per heavy atom. The molecule has 1 saturated carbocycles. The van der Waals surface area contributed by atoms with Crippen LogP contribution in [0.3, 0.4) is 0 Å². The second kappa shape index (κ2) is 5.45. The van der Waals surface area contributed by atoms with Crippen molar-refractivity contribution in [1.29, 1.82) is 0 Å². The minimum Gasteiger partial charge on any atom is -0.338 e. The van der Waals surface area contributed by atoms with Gasteiger partial charge < -0.3 is 10.6 Å². The van der Waals surface area contributed by atoms with Crippen molar-refractivity contribution in [2.75, 3.05) is 13.1 Å².